The van der Waals surface area contributed by atoms with Crippen LogP contribution in [0.15, 0.2) is 42.5 Å². The Labute approximate surface area is 156 Å². The van der Waals surface area contributed by atoms with Crippen LogP contribution >= 0.6 is 0 Å². The lowest BCUT2D eigenvalue weighted by Gasteiger charge is -2.12. The minimum atomic E-state index is -0.742. The normalized spacial score (nSPS) is 14.8. The van der Waals surface area contributed by atoms with Gasteiger partial charge >= 0.3 is 0 Å². The van der Waals surface area contributed by atoms with Crippen molar-refractivity contribution in [3.05, 3.63) is 59.4 Å². The number of nitrogens with one attached hydrogen (secondary N) is 2. The Morgan fingerprint density at radius 1 is 1.22 bits per heavy atom. The minimum Gasteiger partial charge on any atom is -0.484 e. The Morgan fingerprint density at radius 2 is 2.04 bits per heavy atom. The molecule has 7 heteroatoms. The van der Waals surface area contributed by atoms with E-state index in [0.29, 0.717) is 23.6 Å². The molecule has 1 unspecified atom stereocenters. The SMILES string of the molecule is CCNC(=O)COc1cccc(CNC(=O)C2Cc3c(F)cccc3O2)c1. The molecule has 0 bridgehead atoms. The molecule has 0 aliphatic carbocycles. The van der Waals surface area contributed by atoms with Crippen molar-refractivity contribution in [2.24, 2.45) is 0 Å². The summed E-state index contributed by atoms with van der Waals surface area (Å²) < 4.78 is 24.7. The van der Waals surface area contributed by atoms with Gasteiger partial charge in [-0.05, 0) is 36.8 Å². The zero-order valence-corrected chi connectivity index (χ0v) is 15.0. The van der Waals surface area contributed by atoms with Crippen LogP contribution in [0.1, 0.15) is 18.1 Å². The van der Waals surface area contributed by atoms with E-state index in [0.717, 1.165) is 5.56 Å². The fourth-order valence-corrected chi connectivity index (χ4v) is 2.82. The van der Waals surface area contributed by atoms with E-state index in [1.54, 1.807) is 30.3 Å². The molecule has 2 aromatic carbocycles. The monoisotopic (exact) mass is 372 g/mol. The first-order valence-corrected chi connectivity index (χ1v) is 8.77. The molecule has 0 aromatic heterocycles. The Balaban J connectivity index is 1.52. The first-order chi connectivity index (χ1) is 13.1. The molecular formula is C20H21FN2O4. The lowest BCUT2D eigenvalue weighted by Crippen LogP contribution is -2.37. The highest BCUT2D eigenvalue weighted by Gasteiger charge is 2.30. The molecule has 0 saturated carbocycles. The average Bonchev–Trinajstić information content (AvgIpc) is 3.11. The van der Waals surface area contributed by atoms with E-state index in [1.165, 1.54) is 6.07 Å². The van der Waals surface area contributed by atoms with Gasteiger partial charge in [-0.25, -0.2) is 4.39 Å². The zero-order valence-electron chi connectivity index (χ0n) is 15.0. The number of halogens is 1. The number of carbonyl (C=O) groups is 2. The molecule has 1 atom stereocenters. The van der Waals surface area contributed by atoms with E-state index in [1.807, 2.05) is 13.0 Å². The molecule has 0 fully saturated rings. The first kappa shape index (κ1) is 18.7. The molecule has 2 N–H and O–H groups in total. The van der Waals surface area contributed by atoms with Gasteiger partial charge in [0.2, 0.25) is 0 Å². The predicted octanol–water partition coefficient (Wildman–Crippen LogP) is 1.96. The zero-order chi connectivity index (χ0) is 19.2. The third-order valence-electron chi connectivity index (χ3n) is 4.14. The number of ether oxygens (including phenoxy) is 2. The standard InChI is InChI=1S/C20H21FN2O4/c1-2-22-19(24)12-26-14-6-3-5-13(9-14)11-23-20(25)18-10-15-16(21)7-4-8-17(15)27-18/h3-9,18H,2,10-12H2,1H3,(H,22,24)(H,23,25). The Hall–Kier alpha value is -3.09. The summed E-state index contributed by atoms with van der Waals surface area (Å²) in [7, 11) is 0. The highest BCUT2D eigenvalue weighted by atomic mass is 19.1. The van der Waals surface area contributed by atoms with Crippen molar-refractivity contribution in [1.82, 2.24) is 10.6 Å². The van der Waals surface area contributed by atoms with E-state index in [2.05, 4.69) is 10.6 Å². The number of benzene rings is 2. The highest BCUT2D eigenvalue weighted by Crippen LogP contribution is 2.30. The summed E-state index contributed by atoms with van der Waals surface area (Å²) in [5, 5.41) is 5.44. The van der Waals surface area contributed by atoms with Crippen LogP contribution in [0.4, 0.5) is 4.39 Å². The second-order valence-corrected chi connectivity index (χ2v) is 6.13. The Kier molecular flexibility index (Phi) is 5.90. The quantitative estimate of drug-likeness (QED) is 0.779. The predicted molar refractivity (Wildman–Crippen MR) is 97.0 cm³/mol. The van der Waals surface area contributed by atoms with Crippen molar-refractivity contribution >= 4 is 11.8 Å². The highest BCUT2D eigenvalue weighted by molar-refractivity contribution is 5.82. The number of likely N-dealkylation sites (N-methyl/N-ethyl adjacent to an activating group) is 1. The van der Waals surface area contributed by atoms with E-state index in [9.17, 15) is 14.0 Å². The molecule has 142 valence electrons. The number of carbonyl (C=O) groups excluding carboxylic acids is 2. The lowest BCUT2D eigenvalue weighted by molar-refractivity contribution is -0.127. The maximum atomic E-state index is 13.7. The van der Waals surface area contributed by atoms with Gasteiger partial charge in [-0.15, -0.1) is 0 Å². The number of amides is 2. The van der Waals surface area contributed by atoms with E-state index in [-0.39, 0.29) is 37.2 Å². The average molecular weight is 372 g/mol. The fraction of sp³-hybridized carbons (Fsp3) is 0.300. The van der Waals surface area contributed by atoms with Crippen molar-refractivity contribution in [2.45, 2.75) is 26.0 Å². The smallest absolute Gasteiger partial charge is 0.261 e. The third-order valence-corrected chi connectivity index (χ3v) is 4.14. The molecule has 0 saturated heterocycles. The van der Waals surface area contributed by atoms with Gasteiger partial charge < -0.3 is 20.1 Å². The van der Waals surface area contributed by atoms with Gasteiger partial charge in [-0.2, -0.15) is 0 Å². The summed E-state index contributed by atoms with van der Waals surface area (Å²) in [6.45, 7) is 2.59. The molecule has 1 aliphatic heterocycles. The minimum absolute atomic E-state index is 0.0661. The maximum absolute atomic E-state index is 13.7. The van der Waals surface area contributed by atoms with Crippen LogP contribution in [-0.2, 0) is 22.6 Å². The summed E-state index contributed by atoms with van der Waals surface area (Å²) in [6, 6.07) is 11.7. The van der Waals surface area contributed by atoms with Gasteiger partial charge in [0.1, 0.15) is 17.3 Å². The Morgan fingerprint density at radius 3 is 2.81 bits per heavy atom. The van der Waals surface area contributed by atoms with Gasteiger partial charge in [0.25, 0.3) is 11.8 Å². The number of hydrogen-bond donors (Lipinski definition) is 2. The first-order valence-electron chi connectivity index (χ1n) is 8.77. The topological polar surface area (TPSA) is 76.7 Å². The van der Waals surface area contributed by atoms with Crippen LogP contribution in [0.3, 0.4) is 0 Å². The summed E-state index contributed by atoms with van der Waals surface area (Å²) in [5.74, 6) is 0.0934. The van der Waals surface area contributed by atoms with Gasteiger partial charge in [0, 0.05) is 25.1 Å². The molecule has 27 heavy (non-hydrogen) atoms. The molecule has 6 nitrogen and oxygen atoms in total. The molecular weight excluding hydrogens is 351 g/mol. The summed E-state index contributed by atoms with van der Waals surface area (Å²) in [4.78, 5) is 23.8. The van der Waals surface area contributed by atoms with Gasteiger partial charge in [-0.3, -0.25) is 9.59 Å². The second kappa shape index (κ2) is 8.53. The van der Waals surface area contributed by atoms with Crippen molar-refractivity contribution in [1.29, 1.82) is 0 Å². The van der Waals surface area contributed by atoms with E-state index >= 15 is 0 Å². The van der Waals surface area contributed by atoms with Crippen LogP contribution < -0.4 is 20.1 Å². The lowest BCUT2D eigenvalue weighted by atomic mass is 10.1. The summed E-state index contributed by atoms with van der Waals surface area (Å²) in [5.41, 5.74) is 1.25. The summed E-state index contributed by atoms with van der Waals surface area (Å²) in [6.07, 6.45) is -0.530. The summed E-state index contributed by atoms with van der Waals surface area (Å²) >= 11 is 0. The maximum Gasteiger partial charge on any atom is 0.261 e. The van der Waals surface area contributed by atoms with Crippen LogP contribution in [0.2, 0.25) is 0 Å². The van der Waals surface area contributed by atoms with Crippen molar-refractivity contribution < 1.29 is 23.5 Å². The molecule has 0 spiro atoms. The number of hydrogen-bond acceptors (Lipinski definition) is 4. The van der Waals surface area contributed by atoms with E-state index in [4.69, 9.17) is 9.47 Å². The van der Waals surface area contributed by atoms with Crippen LogP contribution in [0.25, 0.3) is 0 Å². The number of fused-ring (bicyclic) bond motifs is 1. The van der Waals surface area contributed by atoms with Crippen molar-refractivity contribution in [3.63, 3.8) is 0 Å². The van der Waals surface area contributed by atoms with Crippen molar-refractivity contribution in [2.75, 3.05) is 13.2 Å². The van der Waals surface area contributed by atoms with Crippen molar-refractivity contribution in [3.8, 4) is 11.5 Å². The fourth-order valence-electron chi connectivity index (χ4n) is 2.82. The molecule has 1 aliphatic rings. The van der Waals surface area contributed by atoms with E-state index < -0.39 is 6.10 Å². The molecule has 2 aromatic rings. The van der Waals surface area contributed by atoms with Crippen LogP contribution in [0.5, 0.6) is 11.5 Å². The largest absolute Gasteiger partial charge is 0.484 e. The van der Waals surface area contributed by atoms with Gasteiger partial charge in [0.05, 0.1) is 0 Å². The Bertz CT molecular complexity index is 840. The van der Waals surface area contributed by atoms with Crippen LogP contribution in [0, 0.1) is 5.82 Å². The van der Waals surface area contributed by atoms with Crippen LogP contribution in [-0.4, -0.2) is 31.1 Å². The van der Waals surface area contributed by atoms with Gasteiger partial charge in [-0.1, -0.05) is 18.2 Å². The third kappa shape index (κ3) is 4.75. The molecule has 1 heterocycles. The molecule has 0 radical (unpaired) electrons. The number of rotatable bonds is 7. The second-order valence-electron chi connectivity index (χ2n) is 6.13. The van der Waals surface area contributed by atoms with Gasteiger partial charge in [0.15, 0.2) is 12.7 Å². The molecule has 2 amide bonds. The molecule has 3 rings (SSSR count).